The van der Waals surface area contributed by atoms with E-state index < -0.39 is 5.41 Å². The van der Waals surface area contributed by atoms with Crippen molar-refractivity contribution in [3.63, 3.8) is 0 Å². The van der Waals surface area contributed by atoms with Crippen molar-refractivity contribution in [3.8, 4) is 0 Å². The fourth-order valence-electron chi connectivity index (χ4n) is 5.66. The molecule has 5 rings (SSSR count). The van der Waals surface area contributed by atoms with Crippen LogP contribution in [0.2, 0.25) is 0 Å². The van der Waals surface area contributed by atoms with Crippen molar-refractivity contribution < 1.29 is 14.4 Å². The van der Waals surface area contributed by atoms with Gasteiger partial charge in [-0.15, -0.1) is 0 Å². The van der Waals surface area contributed by atoms with Crippen LogP contribution < -0.4 is 0 Å². The first-order valence-corrected chi connectivity index (χ1v) is 11.2. The van der Waals surface area contributed by atoms with Crippen LogP contribution in [0.25, 0.3) is 0 Å². The summed E-state index contributed by atoms with van der Waals surface area (Å²) in [6.45, 7) is 0.995. The van der Waals surface area contributed by atoms with E-state index in [1.165, 1.54) is 17.7 Å². The highest BCUT2D eigenvalue weighted by Gasteiger charge is 2.54. The molecule has 1 saturated carbocycles. The van der Waals surface area contributed by atoms with E-state index in [0.717, 1.165) is 30.5 Å². The highest BCUT2D eigenvalue weighted by atomic mass is 16.2. The Labute approximate surface area is 182 Å². The molecule has 6 nitrogen and oxygen atoms in total. The van der Waals surface area contributed by atoms with Crippen molar-refractivity contribution in [1.29, 1.82) is 0 Å². The summed E-state index contributed by atoms with van der Waals surface area (Å²) in [6.07, 6.45) is 7.86. The maximum Gasteiger partial charge on any atom is 0.241 e. The first kappa shape index (κ1) is 19.9. The summed E-state index contributed by atoms with van der Waals surface area (Å²) >= 11 is 0. The number of imide groups is 1. The molecule has 3 unspecified atom stereocenters. The molecule has 0 N–H and O–H groups in total. The SMILES string of the molecule is O=C1CC(CC(=O)N2CC3CCCC2C3)(c2ccccc2)C(=O)N1Cc1ccncc1. The van der Waals surface area contributed by atoms with Gasteiger partial charge in [0.05, 0.1) is 12.0 Å². The Kier molecular flexibility index (Phi) is 5.08. The zero-order valence-corrected chi connectivity index (χ0v) is 17.6. The number of pyridine rings is 1. The van der Waals surface area contributed by atoms with E-state index in [0.29, 0.717) is 12.0 Å². The summed E-state index contributed by atoms with van der Waals surface area (Å²) in [7, 11) is 0. The third-order valence-corrected chi connectivity index (χ3v) is 7.25. The summed E-state index contributed by atoms with van der Waals surface area (Å²) in [4.78, 5) is 47.6. The number of amides is 3. The highest BCUT2D eigenvalue weighted by Crippen LogP contribution is 2.43. The Hall–Kier alpha value is -3.02. The summed E-state index contributed by atoms with van der Waals surface area (Å²) in [6, 6.07) is 13.3. The number of fused-ring (bicyclic) bond motifs is 2. The number of rotatable bonds is 5. The third kappa shape index (κ3) is 3.54. The number of benzene rings is 1. The van der Waals surface area contributed by atoms with Gasteiger partial charge in [0.15, 0.2) is 0 Å². The molecule has 3 aliphatic rings. The van der Waals surface area contributed by atoms with Crippen LogP contribution in [0.15, 0.2) is 54.9 Å². The molecule has 6 heteroatoms. The lowest BCUT2D eigenvalue weighted by Gasteiger charge is -2.31. The average Bonchev–Trinajstić information content (AvgIpc) is 3.22. The van der Waals surface area contributed by atoms with Crippen molar-refractivity contribution in [2.45, 2.75) is 56.5 Å². The van der Waals surface area contributed by atoms with E-state index in [-0.39, 0.29) is 37.1 Å². The summed E-state index contributed by atoms with van der Waals surface area (Å²) in [5.41, 5.74) is 0.473. The van der Waals surface area contributed by atoms with Gasteiger partial charge in [0.25, 0.3) is 0 Å². The molecule has 2 aliphatic heterocycles. The van der Waals surface area contributed by atoms with Crippen molar-refractivity contribution in [2.75, 3.05) is 6.54 Å². The van der Waals surface area contributed by atoms with Crippen molar-refractivity contribution >= 4 is 17.7 Å². The van der Waals surface area contributed by atoms with Gasteiger partial charge in [-0.3, -0.25) is 24.3 Å². The molecule has 3 atom stereocenters. The molecule has 1 aliphatic carbocycles. The lowest BCUT2D eigenvalue weighted by molar-refractivity contribution is -0.143. The van der Waals surface area contributed by atoms with Gasteiger partial charge in [0, 0.05) is 37.8 Å². The quantitative estimate of drug-likeness (QED) is 0.701. The van der Waals surface area contributed by atoms with Crippen molar-refractivity contribution in [3.05, 3.63) is 66.0 Å². The standard InChI is InChI=1S/C25H27N3O3/c29-22(27-17-19-5-4-8-21(27)13-19)14-25(20-6-2-1-3-7-20)15-23(30)28(24(25)31)16-18-9-11-26-12-10-18/h1-3,6-7,9-12,19,21H,4-5,8,13-17H2. The number of carbonyl (C=O) groups excluding carboxylic acids is 3. The largest absolute Gasteiger partial charge is 0.339 e. The van der Waals surface area contributed by atoms with Crippen LogP contribution in [0, 0.1) is 5.92 Å². The lowest BCUT2D eigenvalue weighted by Crippen LogP contribution is -2.44. The van der Waals surface area contributed by atoms with Crippen LogP contribution in [-0.2, 0) is 26.3 Å². The molecule has 1 aromatic carbocycles. The average molecular weight is 418 g/mol. The monoisotopic (exact) mass is 417 g/mol. The van der Waals surface area contributed by atoms with Crippen molar-refractivity contribution in [1.82, 2.24) is 14.8 Å². The van der Waals surface area contributed by atoms with E-state index in [1.54, 1.807) is 24.5 Å². The Bertz CT molecular complexity index is 994. The topological polar surface area (TPSA) is 70.6 Å². The minimum absolute atomic E-state index is 0.00478. The normalized spacial score (nSPS) is 27.7. The summed E-state index contributed by atoms with van der Waals surface area (Å²) < 4.78 is 0. The molecule has 3 amide bonds. The van der Waals surface area contributed by atoms with Crippen LogP contribution in [-0.4, -0.2) is 45.1 Å². The molecular formula is C25H27N3O3. The molecule has 1 aromatic heterocycles. The third-order valence-electron chi connectivity index (χ3n) is 7.25. The summed E-state index contributed by atoms with van der Waals surface area (Å²) in [5, 5.41) is 0. The Balaban J connectivity index is 1.45. The molecule has 160 valence electrons. The number of aromatic nitrogens is 1. The van der Waals surface area contributed by atoms with Crippen LogP contribution in [0.1, 0.15) is 49.7 Å². The molecule has 3 heterocycles. The highest BCUT2D eigenvalue weighted by molar-refractivity contribution is 6.10. The van der Waals surface area contributed by atoms with Crippen LogP contribution in [0.5, 0.6) is 0 Å². The van der Waals surface area contributed by atoms with E-state index in [1.807, 2.05) is 35.2 Å². The molecule has 2 bridgehead atoms. The van der Waals surface area contributed by atoms with E-state index in [9.17, 15) is 14.4 Å². The van der Waals surface area contributed by atoms with Gasteiger partial charge in [0.1, 0.15) is 0 Å². The molecule has 0 radical (unpaired) electrons. The number of carbonyl (C=O) groups is 3. The van der Waals surface area contributed by atoms with E-state index in [2.05, 4.69) is 4.98 Å². The zero-order valence-electron chi connectivity index (χ0n) is 17.6. The maximum absolute atomic E-state index is 13.7. The van der Waals surface area contributed by atoms with E-state index in [4.69, 9.17) is 0 Å². The minimum Gasteiger partial charge on any atom is -0.339 e. The predicted octanol–water partition coefficient (Wildman–Crippen LogP) is 3.07. The lowest BCUT2D eigenvalue weighted by atomic mass is 9.75. The number of hydrogen-bond donors (Lipinski definition) is 0. The Morgan fingerprint density at radius 3 is 2.58 bits per heavy atom. The summed E-state index contributed by atoms with van der Waals surface area (Å²) in [5.74, 6) is 0.0966. The first-order valence-electron chi connectivity index (χ1n) is 11.2. The number of hydrogen-bond acceptors (Lipinski definition) is 4. The van der Waals surface area contributed by atoms with Gasteiger partial charge < -0.3 is 4.90 Å². The molecule has 2 saturated heterocycles. The van der Waals surface area contributed by atoms with Gasteiger partial charge in [-0.25, -0.2) is 0 Å². The molecule has 3 fully saturated rings. The van der Waals surface area contributed by atoms with Crippen molar-refractivity contribution in [2.24, 2.45) is 5.92 Å². The number of nitrogens with zero attached hydrogens (tertiary/aromatic N) is 3. The second-order valence-electron chi connectivity index (χ2n) is 9.17. The minimum atomic E-state index is -1.13. The van der Waals surface area contributed by atoms with Gasteiger partial charge in [-0.05, 0) is 48.4 Å². The van der Waals surface area contributed by atoms with Crippen LogP contribution in [0.3, 0.4) is 0 Å². The fraction of sp³-hybridized carbons (Fsp3) is 0.440. The van der Waals surface area contributed by atoms with Gasteiger partial charge in [-0.2, -0.15) is 0 Å². The molecule has 0 spiro atoms. The Morgan fingerprint density at radius 2 is 1.84 bits per heavy atom. The van der Waals surface area contributed by atoms with Gasteiger partial charge in [-0.1, -0.05) is 36.8 Å². The van der Waals surface area contributed by atoms with Gasteiger partial charge in [0.2, 0.25) is 17.7 Å². The molecule has 31 heavy (non-hydrogen) atoms. The van der Waals surface area contributed by atoms with E-state index >= 15 is 0 Å². The molecule has 2 aromatic rings. The zero-order chi connectivity index (χ0) is 21.4. The van der Waals surface area contributed by atoms with Crippen LogP contribution in [0.4, 0.5) is 0 Å². The van der Waals surface area contributed by atoms with Gasteiger partial charge >= 0.3 is 0 Å². The predicted molar refractivity (Wildman–Crippen MR) is 115 cm³/mol. The first-order chi connectivity index (χ1) is 15.1. The smallest absolute Gasteiger partial charge is 0.241 e. The fourth-order valence-corrected chi connectivity index (χ4v) is 5.66. The second-order valence-corrected chi connectivity index (χ2v) is 9.17. The second kappa shape index (κ2) is 7.91. The van der Waals surface area contributed by atoms with Crippen LogP contribution >= 0.6 is 0 Å². The number of likely N-dealkylation sites (tertiary alicyclic amines) is 2. The molecular weight excluding hydrogens is 390 g/mol. The maximum atomic E-state index is 13.7. The Morgan fingerprint density at radius 1 is 1.06 bits per heavy atom.